The van der Waals surface area contributed by atoms with Crippen LogP contribution in [-0.4, -0.2) is 22.6 Å². The minimum absolute atomic E-state index is 0.154. The van der Waals surface area contributed by atoms with Crippen molar-refractivity contribution in [3.05, 3.63) is 0 Å². The maximum absolute atomic E-state index is 13.3. The van der Waals surface area contributed by atoms with E-state index in [4.69, 9.17) is 5.11 Å². The Morgan fingerprint density at radius 1 is 1.07 bits per heavy atom. The fourth-order valence-electron chi connectivity index (χ4n) is 8.25. The summed E-state index contributed by atoms with van der Waals surface area (Å²) in [5.41, 5.74) is 0.323. The van der Waals surface area contributed by atoms with Gasteiger partial charge in [-0.05, 0) is 78.9 Å². The topological polar surface area (TPSA) is 71.4 Å². The fourth-order valence-corrected chi connectivity index (χ4v) is 8.25. The Labute approximate surface area is 168 Å². The SMILES string of the molecule is C[C@H](CCC(=O)O)[C@H]1CC[C@H]2[C@@H]3C(=O)CC4CC(=O)CC[C@]4(C)[C@H]3CC[C@]12C. The van der Waals surface area contributed by atoms with Gasteiger partial charge in [0.15, 0.2) is 0 Å². The molecule has 4 aliphatic rings. The summed E-state index contributed by atoms with van der Waals surface area (Å²) in [5, 5.41) is 9.08. The molecule has 0 bridgehead atoms. The lowest BCUT2D eigenvalue weighted by Gasteiger charge is -2.59. The van der Waals surface area contributed by atoms with Crippen LogP contribution in [0.15, 0.2) is 0 Å². The summed E-state index contributed by atoms with van der Waals surface area (Å²) in [6.45, 7) is 6.99. The maximum atomic E-state index is 13.3. The summed E-state index contributed by atoms with van der Waals surface area (Å²) >= 11 is 0. The molecule has 0 heterocycles. The van der Waals surface area contributed by atoms with Crippen molar-refractivity contribution in [2.24, 2.45) is 46.3 Å². The predicted octanol–water partition coefficient (Wildman–Crippen LogP) is 4.89. The molecule has 0 radical (unpaired) electrons. The van der Waals surface area contributed by atoms with Gasteiger partial charge in [-0.15, -0.1) is 0 Å². The van der Waals surface area contributed by atoms with Crippen molar-refractivity contribution < 1.29 is 19.5 Å². The number of aliphatic carboxylic acids is 1. The second kappa shape index (κ2) is 6.95. The molecule has 0 aromatic rings. The Hall–Kier alpha value is -1.19. The zero-order valence-electron chi connectivity index (χ0n) is 17.7. The van der Waals surface area contributed by atoms with E-state index in [-0.39, 0.29) is 29.1 Å². The third kappa shape index (κ3) is 2.97. The van der Waals surface area contributed by atoms with Gasteiger partial charge < -0.3 is 5.11 Å². The lowest BCUT2D eigenvalue weighted by Crippen LogP contribution is -2.57. The minimum atomic E-state index is -0.705. The zero-order valence-corrected chi connectivity index (χ0v) is 17.7. The van der Waals surface area contributed by atoms with Gasteiger partial charge in [0, 0.05) is 31.6 Å². The van der Waals surface area contributed by atoms with Gasteiger partial charge in [-0.2, -0.15) is 0 Å². The lowest BCUT2D eigenvalue weighted by atomic mass is 9.44. The zero-order chi connectivity index (χ0) is 20.3. The van der Waals surface area contributed by atoms with E-state index in [1.54, 1.807) is 0 Å². The molecule has 28 heavy (non-hydrogen) atoms. The Kier molecular flexibility index (Phi) is 4.99. The third-order valence-electron chi connectivity index (χ3n) is 9.86. The monoisotopic (exact) mass is 388 g/mol. The van der Waals surface area contributed by atoms with Crippen LogP contribution in [0.5, 0.6) is 0 Å². The molecule has 1 unspecified atom stereocenters. The fraction of sp³-hybridized carbons (Fsp3) is 0.875. The first-order chi connectivity index (χ1) is 13.2. The normalized spacial score (nSPS) is 46.5. The van der Waals surface area contributed by atoms with Gasteiger partial charge in [0.25, 0.3) is 0 Å². The molecule has 0 aromatic heterocycles. The molecule has 4 rings (SSSR count). The molecule has 0 aromatic carbocycles. The van der Waals surface area contributed by atoms with Gasteiger partial charge in [0.05, 0.1) is 0 Å². The highest BCUT2D eigenvalue weighted by molar-refractivity contribution is 5.86. The van der Waals surface area contributed by atoms with Gasteiger partial charge in [-0.3, -0.25) is 14.4 Å². The van der Waals surface area contributed by atoms with Crippen molar-refractivity contribution >= 4 is 17.5 Å². The third-order valence-corrected chi connectivity index (χ3v) is 9.86. The molecule has 0 spiro atoms. The molecule has 0 saturated heterocycles. The molecular weight excluding hydrogens is 352 g/mol. The van der Waals surface area contributed by atoms with Crippen LogP contribution in [0.1, 0.15) is 85.0 Å². The summed E-state index contributed by atoms with van der Waals surface area (Å²) in [4.78, 5) is 36.4. The first-order valence-corrected chi connectivity index (χ1v) is 11.4. The number of carbonyl (C=O) groups excluding carboxylic acids is 2. The van der Waals surface area contributed by atoms with Gasteiger partial charge in [0.2, 0.25) is 0 Å². The van der Waals surface area contributed by atoms with Crippen molar-refractivity contribution in [1.82, 2.24) is 0 Å². The van der Waals surface area contributed by atoms with E-state index in [0.717, 1.165) is 38.5 Å². The number of Topliss-reactive ketones (excluding diaryl/α,β-unsaturated/α-hetero) is 2. The number of carboxylic acid groups (broad SMARTS) is 1. The van der Waals surface area contributed by atoms with Crippen LogP contribution in [0.4, 0.5) is 0 Å². The number of carboxylic acids is 1. The number of hydrogen-bond acceptors (Lipinski definition) is 3. The highest BCUT2D eigenvalue weighted by Crippen LogP contribution is 2.67. The molecular formula is C24H36O4. The summed E-state index contributed by atoms with van der Waals surface area (Å²) < 4.78 is 0. The molecule has 0 aliphatic heterocycles. The highest BCUT2D eigenvalue weighted by Gasteiger charge is 2.63. The van der Waals surface area contributed by atoms with Crippen LogP contribution >= 0.6 is 0 Å². The highest BCUT2D eigenvalue weighted by atomic mass is 16.4. The average Bonchev–Trinajstić information content (AvgIpc) is 2.98. The van der Waals surface area contributed by atoms with Crippen molar-refractivity contribution in [2.75, 3.05) is 0 Å². The van der Waals surface area contributed by atoms with E-state index in [0.29, 0.717) is 54.5 Å². The van der Waals surface area contributed by atoms with Gasteiger partial charge in [-0.1, -0.05) is 20.8 Å². The summed E-state index contributed by atoms with van der Waals surface area (Å²) in [7, 11) is 0. The number of ketones is 2. The van der Waals surface area contributed by atoms with Crippen molar-refractivity contribution in [3.63, 3.8) is 0 Å². The maximum Gasteiger partial charge on any atom is 0.303 e. The van der Waals surface area contributed by atoms with E-state index < -0.39 is 5.97 Å². The summed E-state index contributed by atoms with van der Waals surface area (Å²) in [6, 6.07) is 0. The quantitative estimate of drug-likeness (QED) is 0.744. The first kappa shape index (κ1) is 20.1. The molecule has 4 aliphatic carbocycles. The van der Waals surface area contributed by atoms with E-state index in [9.17, 15) is 14.4 Å². The van der Waals surface area contributed by atoms with Crippen LogP contribution in [-0.2, 0) is 14.4 Å². The molecule has 4 heteroatoms. The van der Waals surface area contributed by atoms with Crippen molar-refractivity contribution in [1.29, 1.82) is 0 Å². The second-order valence-electron chi connectivity index (χ2n) is 11.0. The molecule has 4 nitrogen and oxygen atoms in total. The number of rotatable bonds is 4. The standard InChI is InChI=1S/C24H36O4/c1-14(4-7-21(27)28)17-5-6-18-22-19(9-11-24(17,18)3)23(2)10-8-16(25)12-15(23)13-20(22)26/h14-15,17-19,22H,4-13H2,1-3H3,(H,27,28)/t14-,15?,17-,18+,19+,22+,23+,24-/m1/s1. The molecule has 8 atom stereocenters. The Morgan fingerprint density at radius 2 is 1.79 bits per heavy atom. The van der Waals surface area contributed by atoms with Crippen LogP contribution in [0, 0.1) is 46.3 Å². The summed E-state index contributed by atoms with van der Waals surface area (Å²) in [5.74, 6) is 2.33. The molecule has 4 fully saturated rings. The molecule has 0 amide bonds. The second-order valence-corrected chi connectivity index (χ2v) is 11.0. The molecule has 1 N–H and O–H groups in total. The van der Waals surface area contributed by atoms with E-state index >= 15 is 0 Å². The van der Waals surface area contributed by atoms with Gasteiger partial charge in [-0.25, -0.2) is 0 Å². The number of carbonyl (C=O) groups is 3. The van der Waals surface area contributed by atoms with Crippen LogP contribution in [0.25, 0.3) is 0 Å². The van der Waals surface area contributed by atoms with E-state index in [1.807, 2.05) is 0 Å². The smallest absolute Gasteiger partial charge is 0.303 e. The van der Waals surface area contributed by atoms with Gasteiger partial charge in [0.1, 0.15) is 11.6 Å². The van der Waals surface area contributed by atoms with E-state index in [2.05, 4.69) is 20.8 Å². The van der Waals surface area contributed by atoms with E-state index in [1.165, 1.54) is 0 Å². The largest absolute Gasteiger partial charge is 0.481 e. The van der Waals surface area contributed by atoms with Crippen LogP contribution < -0.4 is 0 Å². The molecule has 156 valence electrons. The van der Waals surface area contributed by atoms with Crippen molar-refractivity contribution in [2.45, 2.75) is 85.0 Å². The first-order valence-electron chi connectivity index (χ1n) is 11.4. The Morgan fingerprint density at radius 3 is 2.50 bits per heavy atom. The lowest BCUT2D eigenvalue weighted by molar-refractivity contribution is -0.159. The van der Waals surface area contributed by atoms with Gasteiger partial charge >= 0.3 is 5.97 Å². The Balaban J connectivity index is 1.57. The summed E-state index contributed by atoms with van der Waals surface area (Å²) in [6.07, 6.45) is 8.38. The number of fused-ring (bicyclic) bond motifs is 5. The molecule has 4 saturated carbocycles. The Bertz CT molecular complexity index is 684. The van der Waals surface area contributed by atoms with Crippen LogP contribution in [0.2, 0.25) is 0 Å². The number of hydrogen-bond donors (Lipinski definition) is 1. The van der Waals surface area contributed by atoms with Crippen molar-refractivity contribution in [3.8, 4) is 0 Å². The van der Waals surface area contributed by atoms with Crippen LogP contribution in [0.3, 0.4) is 0 Å². The minimum Gasteiger partial charge on any atom is -0.481 e. The average molecular weight is 389 g/mol. The predicted molar refractivity (Wildman–Crippen MR) is 107 cm³/mol.